The van der Waals surface area contributed by atoms with E-state index in [1.54, 1.807) is 12.1 Å². The van der Waals surface area contributed by atoms with Crippen molar-refractivity contribution in [1.29, 1.82) is 0 Å². The van der Waals surface area contributed by atoms with Crippen LogP contribution >= 0.6 is 34.0 Å². The van der Waals surface area contributed by atoms with Gasteiger partial charge in [-0.05, 0) is 37.1 Å². The molecule has 3 aromatic heterocycles. The zero-order chi connectivity index (χ0) is 22.6. The van der Waals surface area contributed by atoms with E-state index in [1.807, 2.05) is 0 Å². The van der Waals surface area contributed by atoms with E-state index in [0.29, 0.717) is 19.5 Å². The van der Waals surface area contributed by atoms with E-state index in [-0.39, 0.29) is 32.0 Å². The summed E-state index contributed by atoms with van der Waals surface area (Å²) >= 11 is 2.80. The van der Waals surface area contributed by atoms with Crippen molar-refractivity contribution in [2.75, 3.05) is 0 Å². The number of ketones is 4. The molecule has 0 saturated carbocycles. The van der Waals surface area contributed by atoms with E-state index in [4.69, 9.17) is 0 Å². The van der Waals surface area contributed by atoms with Gasteiger partial charge in [0, 0.05) is 30.6 Å². The number of alkyl halides is 4. The second kappa shape index (κ2) is 6.05. The molecule has 0 aromatic carbocycles. The normalized spacial score (nSPS) is 18.8. The van der Waals surface area contributed by atoms with Gasteiger partial charge in [-0.15, -0.1) is 34.0 Å². The first-order valence-electron chi connectivity index (χ1n) is 8.71. The molecule has 0 bridgehead atoms. The van der Waals surface area contributed by atoms with E-state index in [9.17, 15) is 36.7 Å². The predicted octanol–water partition coefficient (Wildman–Crippen LogP) is 5.85. The lowest BCUT2D eigenvalue weighted by atomic mass is 10.1. The summed E-state index contributed by atoms with van der Waals surface area (Å²) < 4.78 is 55.0. The summed E-state index contributed by atoms with van der Waals surface area (Å²) in [5.41, 5.74) is 0.0166. The van der Waals surface area contributed by atoms with Crippen LogP contribution in [0.15, 0.2) is 12.1 Å². The number of carbonyl (C=O) groups excluding carboxylic acids is 4. The zero-order valence-electron chi connectivity index (χ0n) is 15.5. The summed E-state index contributed by atoms with van der Waals surface area (Å²) in [6, 6.07) is 3.31. The highest BCUT2D eigenvalue weighted by atomic mass is 32.1. The molecular formula is C20H8F4O4S3. The van der Waals surface area contributed by atoms with E-state index in [0.717, 1.165) is 22.7 Å². The molecule has 0 amide bonds. The number of carbonyl (C=O) groups is 4. The Kier molecular flexibility index (Phi) is 3.98. The molecule has 0 unspecified atom stereocenters. The summed E-state index contributed by atoms with van der Waals surface area (Å²) in [4.78, 5) is 49.4. The maximum Gasteiger partial charge on any atom is 0.372 e. The first kappa shape index (κ1) is 20.4. The van der Waals surface area contributed by atoms with Crippen LogP contribution in [-0.2, 0) is 0 Å². The topological polar surface area (TPSA) is 68.3 Å². The van der Waals surface area contributed by atoms with Gasteiger partial charge in [-0.2, -0.15) is 17.6 Å². The second-order valence-electron chi connectivity index (χ2n) is 7.15. The maximum atomic E-state index is 13.7. The van der Waals surface area contributed by atoms with Crippen LogP contribution in [0.5, 0.6) is 0 Å². The van der Waals surface area contributed by atoms with Crippen molar-refractivity contribution in [1.82, 2.24) is 0 Å². The molecule has 31 heavy (non-hydrogen) atoms. The third-order valence-electron chi connectivity index (χ3n) is 5.35. The van der Waals surface area contributed by atoms with Crippen molar-refractivity contribution in [2.45, 2.75) is 25.7 Å². The maximum absolute atomic E-state index is 13.7. The number of fused-ring (bicyclic) bond motifs is 2. The lowest BCUT2D eigenvalue weighted by Crippen LogP contribution is -2.30. The van der Waals surface area contributed by atoms with Gasteiger partial charge in [0.05, 0.1) is 9.75 Å². The van der Waals surface area contributed by atoms with Gasteiger partial charge < -0.3 is 0 Å². The third kappa shape index (κ3) is 2.39. The fourth-order valence-electron chi connectivity index (χ4n) is 3.75. The standard InChI is InChI=1S/C20H8F4O4S3/c1-5-9-13(17(27)19(21,22)15(9)25)30-11(5)7-3-4-8(29-7)12-6(2)10-14(31-12)18(28)20(23,24)16(10)26/h3-4H,1-2H3. The fraction of sp³-hybridized carbons (Fsp3) is 0.200. The molecule has 158 valence electrons. The van der Waals surface area contributed by atoms with Crippen LogP contribution in [-0.4, -0.2) is 35.0 Å². The summed E-state index contributed by atoms with van der Waals surface area (Å²) in [6.45, 7) is 2.97. The second-order valence-corrected chi connectivity index (χ2v) is 10.3. The molecule has 0 saturated heterocycles. The third-order valence-corrected chi connectivity index (χ3v) is 9.38. The molecule has 3 aromatic rings. The first-order chi connectivity index (χ1) is 14.4. The number of rotatable bonds is 2. The highest BCUT2D eigenvalue weighted by Gasteiger charge is 2.58. The van der Waals surface area contributed by atoms with Crippen LogP contribution in [0, 0.1) is 13.8 Å². The quantitative estimate of drug-likeness (QED) is 0.338. The first-order valence-corrected chi connectivity index (χ1v) is 11.2. The average Bonchev–Trinajstić information content (AvgIpc) is 3.45. The van der Waals surface area contributed by atoms with Crippen molar-refractivity contribution in [3.05, 3.63) is 44.1 Å². The number of hydrogen-bond donors (Lipinski definition) is 0. The van der Waals surface area contributed by atoms with Gasteiger partial charge in [0.15, 0.2) is 0 Å². The average molecular weight is 484 g/mol. The SMILES string of the molecule is Cc1c(-c2ccc(-c3sc4c(c3C)C(=O)C(F)(F)C4=O)s2)sc2c1C(=O)C(F)(F)C2=O. The Bertz CT molecular complexity index is 1290. The summed E-state index contributed by atoms with van der Waals surface area (Å²) in [5.74, 6) is -14.1. The van der Waals surface area contributed by atoms with Gasteiger partial charge in [0.25, 0.3) is 11.6 Å². The smallest absolute Gasteiger partial charge is 0.287 e. The Morgan fingerprint density at radius 1 is 0.581 bits per heavy atom. The molecule has 11 heteroatoms. The van der Waals surface area contributed by atoms with E-state index in [1.165, 1.54) is 25.2 Å². The molecule has 2 aliphatic carbocycles. The van der Waals surface area contributed by atoms with E-state index in [2.05, 4.69) is 0 Å². The van der Waals surface area contributed by atoms with Gasteiger partial charge in [-0.3, -0.25) is 19.2 Å². The van der Waals surface area contributed by atoms with Crippen LogP contribution in [0.3, 0.4) is 0 Å². The van der Waals surface area contributed by atoms with Crippen LogP contribution < -0.4 is 0 Å². The van der Waals surface area contributed by atoms with E-state index < -0.39 is 35.0 Å². The van der Waals surface area contributed by atoms with Gasteiger partial charge in [-0.1, -0.05) is 0 Å². The van der Waals surface area contributed by atoms with Gasteiger partial charge in [0.1, 0.15) is 0 Å². The molecule has 3 heterocycles. The van der Waals surface area contributed by atoms with Crippen molar-refractivity contribution in [3.63, 3.8) is 0 Å². The van der Waals surface area contributed by atoms with E-state index >= 15 is 0 Å². The van der Waals surface area contributed by atoms with Crippen LogP contribution in [0.4, 0.5) is 17.6 Å². The number of halogens is 4. The highest BCUT2D eigenvalue weighted by molar-refractivity contribution is 7.27. The monoisotopic (exact) mass is 484 g/mol. The molecule has 0 atom stereocenters. The Hall–Kier alpha value is -2.50. The molecule has 2 aliphatic rings. The van der Waals surface area contributed by atoms with Gasteiger partial charge in [0.2, 0.25) is 11.6 Å². The van der Waals surface area contributed by atoms with Crippen molar-refractivity contribution < 1.29 is 36.7 Å². The summed E-state index contributed by atoms with van der Waals surface area (Å²) in [7, 11) is 0. The summed E-state index contributed by atoms with van der Waals surface area (Å²) in [5, 5.41) is 0. The lowest BCUT2D eigenvalue weighted by Gasteiger charge is -2.05. The molecule has 5 rings (SSSR count). The summed E-state index contributed by atoms with van der Waals surface area (Å²) in [6.07, 6.45) is 0. The Labute approximate surface area is 183 Å². The van der Waals surface area contributed by atoms with Crippen molar-refractivity contribution in [3.8, 4) is 19.5 Å². The minimum atomic E-state index is -4.04. The Balaban J connectivity index is 1.58. The fourth-order valence-corrected chi connectivity index (χ4v) is 7.65. The molecule has 0 radical (unpaired) electrons. The molecular weight excluding hydrogens is 476 g/mol. The largest absolute Gasteiger partial charge is 0.372 e. The zero-order valence-corrected chi connectivity index (χ0v) is 18.0. The van der Waals surface area contributed by atoms with Crippen molar-refractivity contribution >= 4 is 57.1 Å². The lowest BCUT2D eigenvalue weighted by molar-refractivity contribution is 0.0187. The number of Topliss-reactive ketones (excluding diaryl/α,β-unsaturated/α-hetero) is 4. The van der Waals surface area contributed by atoms with Crippen LogP contribution in [0.1, 0.15) is 51.2 Å². The van der Waals surface area contributed by atoms with Crippen LogP contribution in [0.2, 0.25) is 0 Å². The van der Waals surface area contributed by atoms with Crippen LogP contribution in [0.25, 0.3) is 19.5 Å². The van der Waals surface area contributed by atoms with Gasteiger partial charge >= 0.3 is 11.8 Å². The molecule has 4 nitrogen and oxygen atoms in total. The van der Waals surface area contributed by atoms with Crippen molar-refractivity contribution in [2.24, 2.45) is 0 Å². The number of thiophene rings is 3. The minimum absolute atomic E-state index is 0.269. The predicted molar refractivity (Wildman–Crippen MR) is 108 cm³/mol. The molecule has 0 fully saturated rings. The highest BCUT2D eigenvalue weighted by Crippen LogP contribution is 2.50. The molecule has 0 aliphatic heterocycles. The van der Waals surface area contributed by atoms with Gasteiger partial charge in [-0.25, -0.2) is 0 Å². The molecule has 0 spiro atoms. The minimum Gasteiger partial charge on any atom is -0.287 e. The molecule has 0 N–H and O–H groups in total. The Morgan fingerprint density at radius 3 is 1.26 bits per heavy atom. The Morgan fingerprint density at radius 2 is 0.935 bits per heavy atom. The number of hydrogen-bond acceptors (Lipinski definition) is 7.